The second kappa shape index (κ2) is 8.76. The predicted molar refractivity (Wildman–Crippen MR) is 93.6 cm³/mol. The molecule has 0 aliphatic carbocycles. The van der Waals surface area contributed by atoms with Gasteiger partial charge in [0.25, 0.3) is 0 Å². The second-order valence-corrected chi connectivity index (χ2v) is 4.96. The third-order valence-corrected chi connectivity index (χ3v) is 3.22. The molecule has 136 valence electrons. The summed E-state index contributed by atoms with van der Waals surface area (Å²) in [7, 11) is 4.70. The van der Waals surface area contributed by atoms with Crippen molar-refractivity contribution in [3.8, 4) is 17.2 Å². The van der Waals surface area contributed by atoms with Crippen molar-refractivity contribution < 1.29 is 18.7 Å². The van der Waals surface area contributed by atoms with E-state index in [4.69, 9.17) is 18.7 Å². The number of hydrogen-bond donors (Lipinski definition) is 2. The van der Waals surface area contributed by atoms with Gasteiger partial charge in [-0.15, -0.1) is 0 Å². The average Bonchev–Trinajstić information content (AvgIpc) is 3.04. The smallest absolute Gasteiger partial charge is 0.223 e. The van der Waals surface area contributed by atoms with E-state index < -0.39 is 0 Å². The average molecular weight is 349 g/mol. The van der Waals surface area contributed by atoms with E-state index in [1.807, 2.05) is 6.92 Å². The minimum absolute atomic E-state index is 0.289. The number of rotatable bonds is 7. The Hall–Kier alpha value is -2.97. The van der Waals surface area contributed by atoms with Crippen molar-refractivity contribution >= 4 is 11.6 Å². The lowest BCUT2D eigenvalue weighted by Gasteiger charge is -2.16. The third-order valence-electron chi connectivity index (χ3n) is 3.22. The molecule has 2 N–H and O–H groups in total. The highest BCUT2D eigenvalue weighted by molar-refractivity contribution is 5.94. The number of anilines is 1. The highest BCUT2D eigenvalue weighted by atomic mass is 16.5. The Morgan fingerprint density at radius 2 is 1.84 bits per heavy atom. The third kappa shape index (κ3) is 4.75. The van der Waals surface area contributed by atoms with Gasteiger partial charge in [-0.2, -0.15) is 4.98 Å². The number of aryl methyl sites for hydroxylation is 1. The van der Waals surface area contributed by atoms with Crippen LogP contribution in [0.2, 0.25) is 0 Å². The maximum atomic E-state index is 5.36. The lowest BCUT2D eigenvalue weighted by molar-refractivity contribution is 0.324. The first-order chi connectivity index (χ1) is 12.1. The van der Waals surface area contributed by atoms with E-state index in [-0.39, 0.29) is 6.54 Å². The van der Waals surface area contributed by atoms with Crippen LogP contribution in [-0.4, -0.2) is 44.0 Å². The minimum Gasteiger partial charge on any atom is -0.493 e. The number of nitrogens with zero attached hydrogens (tertiary/aromatic N) is 3. The molecule has 0 aliphatic rings. The number of guanidine groups is 1. The zero-order valence-electron chi connectivity index (χ0n) is 15.0. The normalized spacial score (nSPS) is 11.2. The summed E-state index contributed by atoms with van der Waals surface area (Å²) in [6.07, 6.45) is 0. The maximum absolute atomic E-state index is 5.36. The molecular weight excluding hydrogens is 326 g/mol. The molecule has 0 spiro atoms. The summed E-state index contributed by atoms with van der Waals surface area (Å²) in [5, 5.41) is 10.2. The molecule has 2 aromatic rings. The molecule has 9 nitrogen and oxygen atoms in total. The van der Waals surface area contributed by atoms with Gasteiger partial charge < -0.3 is 29.4 Å². The predicted octanol–water partition coefficient (Wildman–Crippen LogP) is 1.98. The molecule has 25 heavy (non-hydrogen) atoms. The Morgan fingerprint density at radius 3 is 2.32 bits per heavy atom. The van der Waals surface area contributed by atoms with Crippen LogP contribution in [0, 0.1) is 6.92 Å². The Labute approximate surface area is 146 Å². The number of ether oxygens (including phenoxy) is 3. The van der Waals surface area contributed by atoms with E-state index in [0.717, 1.165) is 5.69 Å². The molecule has 0 bridgehead atoms. The number of methoxy groups -OCH3 is 3. The molecule has 0 aliphatic heterocycles. The fraction of sp³-hybridized carbons (Fsp3) is 0.438. The van der Waals surface area contributed by atoms with Gasteiger partial charge in [0.2, 0.25) is 11.6 Å². The zero-order chi connectivity index (χ0) is 18.2. The van der Waals surface area contributed by atoms with Crippen LogP contribution in [0.15, 0.2) is 21.6 Å². The minimum atomic E-state index is 0.289. The van der Waals surface area contributed by atoms with E-state index in [0.29, 0.717) is 41.5 Å². The van der Waals surface area contributed by atoms with Crippen molar-refractivity contribution in [2.45, 2.75) is 20.4 Å². The van der Waals surface area contributed by atoms with Crippen LogP contribution in [-0.2, 0) is 6.54 Å². The van der Waals surface area contributed by atoms with E-state index in [2.05, 4.69) is 25.8 Å². The first kappa shape index (κ1) is 18.4. The van der Waals surface area contributed by atoms with Gasteiger partial charge in [-0.1, -0.05) is 5.16 Å². The van der Waals surface area contributed by atoms with Crippen LogP contribution in [0.4, 0.5) is 5.69 Å². The number of benzene rings is 1. The second-order valence-electron chi connectivity index (χ2n) is 4.96. The van der Waals surface area contributed by atoms with Crippen molar-refractivity contribution in [2.24, 2.45) is 4.99 Å². The Kier molecular flexibility index (Phi) is 6.44. The van der Waals surface area contributed by atoms with Gasteiger partial charge in [0, 0.05) is 31.3 Å². The van der Waals surface area contributed by atoms with Crippen LogP contribution < -0.4 is 24.8 Å². The van der Waals surface area contributed by atoms with E-state index in [1.54, 1.807) is 40.4 Å². The number of aliphatic imine (C=N–C) groups is 1. The molecule has 1 aromatic carbocycles. The number of aromatic nitrogens is 2. The number of nitrogens with one attached hydrogen (secondary N) is 2. The summed E-state index contributed by atoms with van der Waals surface area (Å²) in [6.45, 7) is 4.70. The molecule has 0 atom stereocenters. The van der Waals surface area contributed by atoms with Gasteiger partial charge in [0.05, 0.1) is 21.3 Å². The largest absolute Gasteiger partial charge is 0.493 e. The van der Waals surface area contributed by atoms with Gasteiger partial charge in [-0.05, 0) is 6.92 Å². The summed E-state index contributed by atoms with van der Waals surface area (Å²) in [4.78, 5) is 8.57. The summed E-state index contributed by atoms with van der Waals surface area (Å²) in [6, 6.07) is 3.60. The lowest BCUT2D eigenvalue weighted by atomic mass is 10.2. The van der Waals surface area contributed by atoms with Gasteiger partial charge in [0.1, 0.15) is 6.54 Å². The summed E-state index contributed by atoms with van der Waals surface area (Å²) in [5.41, 5.74) is 0.735. The standard InChI is InChI=1S/C16H23N5O4/c1-6-17-16(18-9-14-19-10(2)25-21-14)20-11-7-12(22-3)15(24-5)13(8-11)23-4/h7-8H,6,9H2,1-5H3,(H2,17,18,20). The van der Waals surface area contributed by atoms with Crippen molar-refractivity contribution in [1.82, 2.24) is 15.5 Å². The van der Waals surface area contributed by atoms with Crippen LogP contribution in [0.5, 0.6) is 17.2 Å². The summed E-state index contributed by atoms with van der Waals surface area (Å²) in [5.74, 6) is 3.22. The van der Waals surface area contributed by atoms with Crippen molar-refractivity contribution in [3.63, 3.8) is 0 Å². The molecule has 0 fully saturated rings. The van der Waals surface area contributed by atoms with Crippen LogP contribution in [0.25, 0.3) is 0 Å². The highest BCUT2D eigenvalue weighted by Crippen LogP contribution is 2.39. The molecular formula is C16H23N5O4. The Bertz CT molecular complexity index is 704. The molecule has 9 heteroatoms. The van der Waals surface area contributed by atoms with E-state index >= 15 is 0 Å². The maximum Gasteiger partial charge on any atom is 0.223 e. The highest BCUT2D eigenvalue weighted by Gasteiger charge is 2.14. The van der Waals surface area contributed by atoms with E-state index in [9.17, 15) is 0 Å². The topological polar surface area (TPSA) is 103 Å². The van der Waals surface area contributed by atoms with Crippen LogP contribution in [0.3, 0.4) is 0 Å². The summed E-state index contributed by atoms with van der Waals surface area (Å²) >= 11 is 0. The first-order valence-electron chi connectivity index (χ1n) is 7.75. The SMILES string of the molecule is CCNC(=NCc1noc(C)n1)Nc1cc(OC)c(OC)c(OC)c1. The molecule has 1 heterocycles. The Balaban J connectivity index is 2.23. The Morgan fingerprint density at radius 1 is 1.16 bits per heavy atom. The van der Waals surface area contributed by atoms with Crippen molar-refractivity contribution in [1.29, 1.82) is 0 Å². The fourth-order valence-electron chi connectivity index (χ4n) is 2.15. The van der Waals surface area contributed by atoms with Crippen LogP contribution >= 0.6 is 0 Å². The molecule has 0 saturated heterocycles. The molecule has 0 radical (unpaired) electrons. The molecule has 2 rings (SSSR count). The van der Waals surface area contributed by atoms with Crippen LogP contribution in [0.1, 0.15) is 18.6 Å². The fourth-order valence-corrected chi connectivity index (χ4v) is 2.15. The zero-order valence-corrected chi connectivity index (χ0v) is 15.0. The number of hydrogen-bond acceptors (Lipinski definition) is 7. The van der Waals surface area contributed by atoms with Gasteiger partial charge in [-0.3, -0.25) is 0 Å². The van der Waals surface area contributed by atoms with Gasteiger partial charge in [0.15, 0.2) is 23.3 Å². The quantitative estimate of drug-likeness (QED) is 0.578. The molecule has 1 aromatic heterocycles. The molecule has 0 unspecified atom stereocenters. The molecule has 0 saturated carbocycles. The van der Waals surface area contributed by atoms with Gasteiger partial charge in [-0.25, -0.2) is 4.99 Å². The first-order valence-corrected chi connectivity index (χ1v) is 7.75. The van der Waals surface area contributed by atoms with E-state index in [1.165, 1.54) is 0 Å². The van der Waals surface area contributed by atoms with Gasteiger partial charge >= 0.3 is 0 Å². The monoisotopic (exact) mass is 349 g/mol. The summed E-state index contributed by atoms with van der Waals surface area (Å²) < 4.78 is 21.0. The lowest BCUT2D eigenvalue weighted by Crippen LogP contribution is -2.30. The van der Waals surface area contributed by atoms with Crippen molar-refractivity contribution in [3.05, 3.63) is 23.8 Å². The van der Waals surface area contributed by atoms with Crippen molar-refractivity contribution in [2.75, 3.05) is 33.2 Å². The molecule has 0 amide bonds.